The third-order valence-corrected chi connectivity index (χ3v) is 2.51. The zero-order valence-corrected chi connectivity index (χ0v) is 10.6. The van der Waals surface area contributed by atoms with Crippen molar-refractivity contribution in [1.29, 1.82) is 0 Å². The minimum absolute atomic E-state index is 0.273. The van der Waals surface area contributed by atoms with Gasteiger partial charge in [-0.2, -0.15) is 0 Å². The minimum Gasteiger partial charge on any atom is -0.340 e. The zero-order valence-electron chi connectivity index (χ0n) is 10.6. The summed E-state index contributed by atoms with van der Waals surface area (Å²) in [5, 5.41) is 2.68. The molecule has 0 heterocycles. The Morgan fingerprint density at radius 2 is 1.83 bits per heavy atom. The molecule has 0 saturated heterocycles. The Labute approximate surface area is 107 Å². The highest BCUT2D eigenvalue weighted by Crippen LogP contribution is 2.06. The van der Waals surface area contributed by atoms with Gasteiger partial charge in [0.1, 0.15) is 6.04 Å². The average molecular weight is 249 g/mol. The van der Waals surface area contributed by atoms with Crippen LogP contribution in [0.5, 0.6) is 0 Å². The van der Waals surface area contributed by atoms with Crippen molar-refractivity contribution in [2.45, 2.75) is 26.3 Å². The number of carbonyl (C=O) groups excluding carboxylic acids is 2. The van der Waals surface area contributed by atoms with Gasteiger partial charge in [0, 0.05) is 5.56 Å². The van der Waals surface area contributed by atoms with E-state index in [0.29, 0.717) is 12.0 Å². The molecule has 4 N–H and O–H groups in total. The molecule has 0 aromatic heterocycles. The Morgan fingerprint density at radius 1 is 1.22 bits per heavy atom. The van der Waals surface area contributed by atoms with Crippen LogP contribution in [0.3, 0.4) is 0 Å². The van der Waals surface area contributed by atoms with Gasteiger partial charge in [-0.15, -0.1) is 0 Å². The first kappa shape index (κ1) is 14.2. The van der Waals surface area contributed by atoms with Crippen molar-refractivity contribution in [1.82, 2.24) is 10.7 Å². The monoisotopic (exact) mass is 249 g/mol. The van der Waals surface area contributed by atoms with Gasteiger partial charge in [0.15, 0.2) is 0 Å². The summed E-state index contributed by atoms with van der Waals surface area (Å²) < 4.78 is 0. The van der Waals surface area contributed by atoms with E-state index in [2.05, 4.69) is 10.7 Å². The van der Waals surface area contributed by atoms with Crippen LogP contribution in [-0.2, 0) is 4.79 Å². The smallest absolute Gasteiger partial charge is 0.256 e. The summed E-state index contributed by atoms with van der Waals surface area (Å²) in [5.74, 6) is 4.74. The van der Waals surface area contributed by atoms with Crippen LogP contribution < -0.4 is 16.6 Å². The maximum atomic E-state index is 11.9. The number of nitrogens with one attached hydrogen (secondary N) is 2. The van der Waals surface area contributed by atoms with Crippen molar-refractivity contribution >= 4 is 11.8 Å². The summed E-state index contributed by atoms with van der Waals surface area (Å²) in [6.07, 6.45) is 0.543. The highest BCUT2D eigenvalue weighted by Gasteiger charge is 2.21. The van der Waals surface area contributed by atoms with E-state index < -0.39 is 6.04 Å². The van der Waals surface area contributed by atoms with E-state index in [0.717, 1.165) is 0 Å². The predicted molar refractivity (Wildman–Crippen MR) is 69.5 cm³/mol. The quantitative estimate of drug-likeness (QED) is 0.410. The molecular formula is C13H19N3O2. The van der Waals surface area contributed by atoms with Crippen molar-refractivity contribution in [3.05, 3.63) is 35.9 Å². The fourth-order valence-electron chi connectivity index (χ4n) is 1.63. The van der Waals surface area contributed by atoms with E-state index in [1.54, 1.807) is 24.3 Å². The minimum atomic E-state index is -0.609. The molecule has 1 aromatic rings. The molecule has 0 fully saturated rings. The first-order valence-electron chi connectivity index (χ1n) is 5.91. The number of hydrazine groups is 1. The molecule has 1 aromatic carbocycles. The number of hydrogen-bond donors (Lipinski definition) is 3. The summed E-state index contributed by atoms with van der Waals surface area (Å²) in [4.78, 5) is 23.5. The van der Waals surface area contributed by atoms with Crippen LogP contribution in [0, 0.1) is 5.92 Å². The maximum absolute atomic E-state index is 11.9. The molecule has 5 heteroatoms. The molecule has 0 spiro atoms. The highest BCUT2D eigenvalue weighted by atomic mass is 16.2. The molecule has 18 heavy (non-hydrogen) atoms. The SMILES string of the molecule is CC(C)CC(NC(=O)c1ccccc1)C(=O)NN. The molecule has 0 aliphatic rings. The van der Waals surface area contributed by atoms with E-state index in [-0.39, 0.29) is 17.7 Å². The predicted octanol–water partition coefficient (Wildman–Crippen LogP) is 0.821. The van der Waals surface area contributed by atoms with Crippen LogP contribution in [0.4, 0.5) is 0 Å². The molecule has 0 aliphatic heterocycles. The summed E-state index contributed by atoms with van der Waals surface area (Å²) in [5.41, 5.74) is 2.60. The van der Waals surface area contributed by atoms with E-state index in [1.165, 1.54) is 0 Å². The summed E-state index contributed by atoms with van der Waals surface area (Å²) in [6.45, 7) is 3.96. The molecule has 0 bridgehead atoms. The topological polar surface area (TPSA) is 84.2 Å². The van der Waals surface area contributed by atoms with Crippen LogP contribution in [-0.4, -0.2) is 17.9 Å². The lowest BCUT2D eigenvalue weighted by atomic mass is 10.0. The second-order valence-corrected chi connectivity index (χ2v) is 4.53. The fourth-order valence-corrected chi connectivity index (χ4v) is 1.63. The van der Waals surface area contributed by atoms with Gasteiger partial charge in [-0.05, 0) is 24.5 Å². The first-order valence-corrected chi connectivity index (χ1v) is 5.91. The average Bonchev–Trinajstić information content (AvgIpc) is 2.37. The van der Waals surface area contributed by atoms with Gasteiger partial charge >= 0.3 is 0 Å². The Morgan fingerprint density at radius 3 is 2.33 bits per heavy atom. The molecule has 1 rings (SSSR count). The molecule has 0 saturated carbocycles. The van der Waals surface area contributed by atoms with Crippen molar-refractivity contribution in [2.24, 2.45) is 11.8 Å². The number of carbonyl (C=O) groups is 2. The Bertz CT molecular complexity index is 404. The fraction of sp³-hybridized carbons (Fsp3) is 0.385. The third-order valence-electron chi connectivity index (χ3n) is 2.51. The zero-order chi connectivity index (χ0) is 13.5. The van der Waals surface area contributed by atoms with Crippen LogP contribution >= 0.6 is 0 Å². The molecule has 0 aliphatic carbocycles. The Balaban J connectivity index is 2.71. The summed E-state index contributed by atoms with van der Waals surface area (Å²) in [6, 6.07) is 8.16. The number of nitrogens with two attached hydrogens (primary N) is 1. The van der Waals surface area contributed by atoms with Gasteiger partial charge in [0.05, 0.1) is 0 Å². The molecule has 2 amide bonds. The molecule has 1 atom stereocenters. The van der Waals surface area contributed by atoms with Crippen LogP contribution in [0.2, 0.25) is 0 Å². The summed E-state index contributed by atoms with van der Waals surface area (Å²) >= 11 is 0. The highest BCUT2D eigenvalue weighted by molar-refractivity contribution is 5.97. The third kappa shape index (κ3) is 4.18. The first-order chi connectivity index (χ1) is 8.54. The van der Waals surface area contributed by atoms with Gasteiger partial charge < -0.3 is 5.32 Å². The van der Waals surface area contributed by atoms with Gasteiger partial charge in [0.25, 0.3) is 11.8 Å². The molecule has 1 unspecified atom stereocenters. The number of rotatable bonds is 5. The van der Waals surface area contributed by atoms with Gasteiger partial charge in [-0.1, -0.05) is 32.0 Å². The molecular weight excluding hydrogens is 230 g/mol. The number of amides is 2. The maximum Gasteiger partial charge on any atom is 0.256 e. The number of benzene rings is 1. The van der Waals surface area contributed by atoms with E-state index in [1.807, 2.05) is 19.9 Å². The van der Waals surface area contributed by atoms with Crippen LogP contribution in [0.15, 0.2) is 30.3 Å². The molecule has 5 nitrogen and oxygen atoms in total. The second kappa shape index (κ2) is 6.76. The largest absolute Gasteiger partial charge is 0.340 e. The van der Waals surface area contributed by atoms with Crippen LogP contribution in [0.25, 0.3) is 0 Å². The van der Waals surface area contributed by atoms with Crippen molar-refractivity contribution < 1.29 is 9.59 Å². The Kier molecular flexibility index (Phi) is 5.32. The Hall–Kier alpha value is -1.88. The molecule has 98 valence electrons. The van der Waals surface area contributed by atoms with E-state index in [4.69, 9.17) is 5.84 Å². The van der Waals surface area contributed by atoms with E-state index >= 15 is 0 Å². The van der Waals surface area contributed by atoms with Gasteiger partial charge in [-0.3, -0.25) is 15.0 Å². The standard InChI is InChI=1S/C13H19N3O2/c1-9(2)8-11(13(18)16-14)15-12(17)10-6-4-3-5-7-10/h3-7,9,11H,8,14H2,1-2H3,(H,15,17)(H,16,18). The van der Waals surface area contributed by atoms with Crippen molar-refractivity contribution in [3.63, 3.8) is 0 Å². The lowest BCUT2D eigenvalue weighted by Crippen LogP contribution is -2.49. The van der Waals surface area contributed by atoms with Gasteiger partial charge in [-0.25, -0.2) is 5.84 Å². The second-order valence-electron chi connectivity index (χ2n) is 4.53. The van der Waals surface area contributed by atoms with Gasteiger partial charge in [0.2, 0.25) is 0 Å². The van der Waals surface area contributed by atoms with Crippen molar-refractivity contribution in [2.75, 3.05) is 0 Å². The lowest BCUT2D eigenvalue weighted by Gasteiger charge is -2.18. The normalized spacial score (nSPS) is 12.0. The van der Waals surface area contributed by atoms with Crippen molar-refractivity contribution in [3.8, 4) is 0 Å². The molecule has 0 radical (unpaired) electrons. The van der Waals surface area contributed by atoms with Crippen LogP contribution in [0.1, 0.15) is 30.6 Å². The number of hydrogen-bond acceptors (Lipinski definition) is 3. The van der Waals surface area contributed by atoms with E-state index in [9.17, 15) is 9.59 Å². The summed E-state index contributed by atoms with van der Waals surface area (Å²) in [7, 11) is 0. The lowest BCUT2D eigenvalue weighted by molar-refractivity contribution is -0.123.